The average Bonchev–Trinajstić information content (AvgIpc) is 3.02. The maximum Gasteiger partial charge on any atom is 0.301 e. The van der Waals surface area contributed by atoms with E-state index in [1.54, 1.807) is 25.4 Å². The van der Waals surface area contributed by atoms with Crippen LogP contribution in [0.3, 0.4) is 0 Å². The molecule has 2 aliphatic heterocycles. The Morgan fingerprint density at radius 2 is 1.93 bits per heavy atom. The van der Waals surface area contributed by atoms with Crippen LogP contribution in [-0.4, -0.2) is 107 Å². The van der Waals surface area contributed by atoms with Crippen molar-refractivity contribution in [3.8, 4) is 29.0 Å². The van der Waals surface area contributed by atoms with Crippen LogP contribution in [0.5, 0.6) is 11.6 Å². The third-order valence-corrected chi connectivity index (χ3v) is 7.64. The van der Waals surface area contributed by atoms with Gasteiger partial charge in [-0.1, -0.05) is 0 Å². The summed E-state index contributed by atoms with van der Waals surface area (Å²) in [5, 5.41) is 22.4. The molecule has 232 valence electrons. The maximum atomic E-state index is 14.9. The summed E-state index contributed by atoms with van der Waals surface area (Å²) in [6, 6.07) is 12.0. The number of alkyl halides is 2. The molecule has 4 heterocycles. The van der Waals surface area contributed by atoms with Crippen LogP contribution in [0.15, 0.2) is 42.6 Å². The van der Waals surface area contributed by atoms with Gasteiger partial charge in [0.2, 0.25) is 11.8 Å². The molecular formula is C30H34F2N8O4. The molecule has 3 aromatic rings. The number of anilines is 3. The van der Waals surface area contributed by atoms with Crippen molar-refractivity contribution in [2.75, 3.05) is 63.6 Å². The number of rotatable bonds is 8. The van der Waals surface area contributed by atoms with E-state index in [1.807, 2.05) is 18.2 Å². The summed E-state index contributed by atoms with van der Waals surface area (Å²) in [6.45, 7) is 3.99. The van der Waals surface area contributed by atoms with Gasteiger partial charge in [-0.25, -0.2) is 18.7 Å². The van der Waals surface area contributed by atoms with Gasteiger partial charge < -0.3 is 34.6 Å². The standard InChI is InChI=1S/C30H34F2N8O4/c1-19(41)28(42)40-11-9-25(30(31,32)18-40)44-24-6-4-20(16-21(24)17-33)22-8-10-34-29(35-22)37-26-7-5-23(27(36-26)43-3)39-14-12-38(2)13-15-39/h4-8,10,16,19,25,41H,9,11-15,18H2,1-3H3,(H,34,35,36,37)/t19-,25?/m1/s1. The molecule has 5 rings (SSSR count). The first-order valence-electron chi connectivity index (χ1n) is 14.2. The largest absolute Gasteiger partial charge is 0.483 e. The minimum atomic E-state index is -3.37. The third-order valence-electron chi connectivity index (χ3n) is 7.64. The first-order valence-corrected chi connectivity index (χ1v) is 14.2. The molecule has 2 saturated heterocycles. The predicted octanol–water partition coefficient (Wildman–Crippen LogP) is 2.91. The lowest BCUT2D eigenvalue weighted by atomic mass is 10.0. The van der Waals surface area contributed by atoms with E-state index in [9.17, 15) is 23.9 Å². The lowest BCUT2D eigenvalue weighted by molar-refractivity contribution is -0.165. The number of aromatic nitrogens is 3. The van der Waals surface area contributed by atoms with E-state index in [0.717, 1.165) is 36.8 Å². The fourth-order valence-electron chi connectivity index (χ4n) is 5.18. The summed E-state index contributed by atoms with van der Waals surface area (Å²) in [4.78, 5) is 30.8. The second-order valence-corrected chi connectivity index (χ2v) is 10.8. The molecule has 12 nitrogen and oxygen atoms in total. The van der Waals surface area contributed by atoms with Crippen LogP contribution >= 0.6 is 0 Å². The minimum Gasteiger partial charge on any atom is -0.483 e. The van der Waals surface area contributed by atoms with Crippen LogP contribution in [0, 0.1) is 11.3 Å². The van der Waals surface area contributed by atoms with E-state index < -0.39 is 30.6 Å². The van der Waals surface area contributed by atoms with E-state index in [-0.39, 0.29) is 30.2 Å². The number of nitrogens with zero attached hydrogens (tertiary/aromatic N) is 7. The number of piperazine rings is 1. The Morgan fingerprint density at radius 1 is 1.16 bits per heavy atom. The van der Waals surface area contributed by atoms with Gasteiger partial charge in [0.15, 0.2) is 6.10 Å². The van der Waals surface area contributed by atoms with Crippen LogP contribution in [-0.2, 0) is 4.79 Å². The van der Waals surface area contributed by atoms with Gasteiger partial charge in [0.1, 0.15) is 29.4 Å². The van der Waals surface area contributed by atoms with E-state index >= 15 is 0 Å². The van der Waals surface area contributed by atoms with Crippen LogP contribution < -0.4 is 19.7 Å². The summed E-state index contributed by atoms with van der Waals surface area (Å²) in [5.41, 5.74) is 2.00. The molecule has 0 saturated carbocycles. The fourth-order valence-corrected chi connectivity index (χ4v) is 5.18. The van der Waals surface area contributed by atoms with Crippen molar-refractivity contribution < 1.29 is 28.2 Å². The number of aliphatic hydroxyl groups is 1. The average molecular weight is 609 g/mol. The van der Waals surface area contributed by atoms with Crippen molar-refractivity contribution in [2.45, 2.75) is 31.5 Å². The van der Waals surface area contributed by atoms with Crippen molar-refractivity contribution in [2.24, 2.45) is 0 Å². The van der Waals surface area contributed by atoms with Crippen LogP contribution in [0.2, 0.25) is 0 Å². The highest BCUT2D eigenvalue weighted by Gasteiger charge is 2.48. The number of nitriles is 1. The Balaban J connectivity index is 1.29. The number of benzene rings is 1. The van der Waals surface area contributed by atoms with Gasteiger partial charge in [0, 0.05) is 50.9 Å². The number of pyridine rings is 1. The van der Waals surface area contributed by atoms with Gasteiger partial charge in [0.25, 0.3) is 5.91 Å². The molecule has 2 aliphatic rings. The van der Waals surface area contributed by atoms with E-state index in [2.05, 4.69) is 37.1 Å². The number of carbonyl (C=O) groups is 1. The Morgan fingerprint density at radius 3 is 2.61 bits per heavy atom. The zero-order chi connectivity index (χ0) is 31.4. The quantitative estimate of drug-likeness (QED) is 0.390. The zero-order valence-electron chi connectivity index (χ0n) is 24.7. The Bertz CT molecular complexity index is 1540. The number of hydrogen-bond acceptors (Lipinski definition) is 11. The number of methoxy groups -OCH3 is 1. The topological polar surface area (TPSA) is 140 Å². The van der Waals surface area contributed by atoms with Crippen LogP contribution in [0.1, 0.15) is 18.9 Å². The summed E-state index contributed by atoms with van der Waals surface area (Å²) >= 11 is 0. The molecule has 14 heteroatoms. The zero-order valence-corrected chi connectivity index (χ0v) is 24.7. The second-order valence-electron chi connectivity index (χ2n) is 10.8. The molecule has 0 aliphatic carbocycles. The van der Waals surface area contributed by atoms with Gasteiger partial charge in [-0.2, -0.15) is 10.2 Å². The summed E-state index contributed by atoms with van der Waals surface area (Å²) < 4.78 is 40.9. The van der Waals surface area contributed by atoms with E-state index in [0.29, 0.717) is 23.0 Å². The van der Waals surface area contributed by atoms with Gasteiger partial charge in [-0.05, 0) is 50.4 Å². The number of amides is 1. The summed E-state index contributed by atoms with van der Waals surface area (Å²) in [7, 11) is 3.67. The Hall–Kier alpha value is -4.61. The van der Waals surface area contributed by atoms with Crippen molar-refractivity contribution in [1.29, 1.82) is 5.26 Å². The molecule has 44 heavy (non-hydrogen) atoms. The first kappa shape index (κ1) is 30.8. The molecule has 2 N–H and O–H groups in total. The van der Waals surface area contributed by atoms with Crippen molar-refractivity contribution >= 4 is 23.4 Å². The molecule has 2 fully saturated rings. The molecular weight excluding hydrogens is 574 g/mol. The maximum absolute atomic E-state index is 14.9. The van der Waals surface area contributed by atoms with Crippen molar-refractivity contribution in [3.63, 3.8) is 0 Å². The van der Waals surface area contributed by atoms with E-state index in [1.165, 1.54) is 19.1 Å². The van der Waals surface area contributed by atoms with Gasteiger partial charge in [-0.3, -0.25) is 4.79 Å². The van der Waals surface area contributed by atoms with Crippen LogP contribution in [0.25, 0.3) is 11.3 Å². The smallest absolute Gasteiger partial charge is 0.301 e. The monoisotopic (exact) mass is 608 g/mol. The second kappa shape index (κ2) is 12.9. The normalized spacial score (nSPS) is 19.2. The minimum absolute atomic E-state index is 0.0000157. The third kappa shape index (κ3) is 6.79. The molecule has 0 bridgehead atoms. The lowest BCUT2D eigenvalue weighted by Crippen LogP contribution is -2.56. The first-order chi connectivity index (χ1) is 21.1. The van der Waals surface area contributed by atoms with E-state index in [4.69, 9.17) is 9.47 Å². The molecule has 1 aromatic carbocycles. The van der Waals surface area contributed by atoms with Gasteiger partial charge >= 0.3 is 5.92 Å². The molecule has 2 aromatic heterocycles. The molecule has 2 atom stereocenters. The summed E-state index contributed by atoms with van der Waals surface area (Å²) in [6.07, 6.45) is -1.51. The van der Waals surface area contributed by atoms with Crippen molar-refractivity contribution in [1.82, 2.24) is 24.8 Å². The number of carbonyl (C=O) groups excluding carboxylic acids is 1. The molecule has 0 spiro atoms. The Kier molecular flexibility index (Phi) is 9.07. The number of likely N-dealkylation sites (tertiary alicyclic amines) is 1. The highest BCUT2D eigenvalue weighted by atomic mass is 19.3. The molecule has 1 amide bonds. The SMILES string of the molecule is COc1nc(Nc2nccc(-c3ccc(OC4CCN(C(=O)[C@@H](C)O)CC4(F)F)c(C#N)c3)n2)ccc1N1CCN(C)CC1. The molecule has 0 radical (unpaired) electrons. The van der Waals surface area contributed by atoms with Gasteiger partial charge in [0.05, 0.1) is 24.9 Å². The number of halogens is 2. The Labute approximate surface area is 253 Å². The predicted molar refractivity (Wildman–Crippen MR) is 158 cm³/mol. The van der Waals surface area contributed by atoms with Crippen LogP contribution in [0.4, 0.5) is 26.2 Å². The highest BCUT2D eigenvalue weighted by Crippen LogP contribution is 2.34. The molecule has 1 unspecified atom stereocenters. The highest BCUT2D eigenvalue weighted by molar-refractivity contribution is 5.80. The van der Waals surface area contributed by atoms with Gasteiger partial charge in [-0.15, -0.1) is 0 Å². The number of ether oxygens (including phenoxy) is 2. The number of hydrogen-bond donors (Lipinski definition) is 2. The fraction of sp³-hybridized carbons (Fsp3) is 0.433. The number of likely N-dealkylation sites (N-methyl/N-ethyl adjacent to an activating group) is 1. The number of aliphatic hydroxyl groups excluding tert-OH is 1. The number of nitrogens with one attached hydrogen (secondary N) is 1. The number of piperidine rings is 1. The lowest BCUT2D eigenvalue weighted by Gasteiger charge is -2.38. The summed E-state index contributed by atoms with van der Waals surface area (Å²) in [5.74, 6) is -2.90. The van der Waals surface area contributed by atoms with Crippen molar-refractivity contribution in [3.05, 3.63) is 48.2 Å².